The lowest BCUT2D eigenvalue weighted by atomic mass is 9.90. The van der Waals surface area contributed by atoms with Gasteiger partial charge in [0.2, 0.25) is 0 Å². The van der Waals surface area contributed by atoms with E-state index in [1.54, 1.807) is 0 Å². The van der Waals surface area contributed by atoms with Gasteiger partial charge in [-0.2, -0.15) is 0 Å². The Labute approximate surface area is 186 Å². The van der Waals surface area contributed by atoms with E-state index in [-0.39, 0.29) is 28.2 Å². The zero-order chi connectivity index (χ0) is 22.1. The molecule has 3 atom stereocenters. The lowest BCUT2D eigenvalue weighted by molar-refractivity contribution is -0.114. The van der Waals surface area contributed by atoms with Crippen molar-refractivity contribution in [2.75, 3.05) is 0 Å². The predicted octanol–water partition coefficient (Wildman–Crippen LogP) is 5.91. The van der Waals surface area contributed by atoms with Crippen molar-refractivity contribution in [1.82, 2.24) is 4.90 Å². The average Bonchev–Trinajstić information content (AvgIpc) is 2.68. The molecule has 3 nitrogen and oxygen atoms in total. The second-order valence-corrected chi connectivity index (χ2v) is 11.0. The van der Waals surface area contributed by atoms with Gasteiger partial charge in [0.1, 0.15) is 0 Å². The van der Waals surface area contributed by atoms with Gasteiger partial charge in [0, 0.05) is 30.3 Å². The van der Waals surface area contributed by atoms with Crippen LogP contribution >= 0.6 is 11.8 Å². The van der Waals surface area contributed by atoms with Gasteiger partial charge in [0.25, 0.3) is 0 Å². The van der Waals surface area contributed by atoms with Crippen LogP contribution in [-0.4, -0.2) is 32.0 Å². The first-order chi connectivity index (χ1) is 14.2. The van der Waals surface area contributed by atoms with Crippen molar-refractivity contribution in [3.05, 3.63) is 71.8 Å². The highest BCUT2D eigenvalue weighted by molar-refractivity contribution is 8.14. The molecule has 30 heavy (non-hydrogen) atoms. The highest BCUT2D eigenvalue weighted by atomic mass is 32.2. The Morgan fingerprint density at radius 1 is 0.967 bits per heavy atom. The normalized spacial score (nSPS) is 15.0. The minimum atomic E-state index is -0.699. The van der Waals surface area contributed by atoms with Crippen molar-refractivity contribution in [3.63, 3.8) is 0 Å². The van der Waals surface area contributed by atoms with Crippen LogP contribution in [0.25, 0.3) is 0 Å². The number of carbonyl (C=O) groups is 1. The maximum Gasteiger partial charge on any atom is 0.192 e. The summed E-state index contributed by atoms with van der Waals surface area (Å²) < 4.78 is -0.142. The summed E-state index contributed by atoms with van der Waals surface area (Å²) >= 11 is 1.32. The van der Waals surface area contributed by atoms with Gasteiger partial charge in [-0.25, -0.2) is 0 Å². The maximum absolute atomic E-state index is 12.6. The summed E-state index contributed by atoms with van der Waals surface area (Å²) in [4.78, 5) is 15.0. The fraction of sp³-hybridized carbons (Fsp3) is 0.500. The van der Waals surface area contributed by atoms with Crippen molar-refractivity contribution >= 4 is 16.9 Å². The highest BCUT2D eigenvalue weighted by Gasteiger charge is 2.32. The van der Waals surface area contributed by atoms with Gasteiger partial charge in [-0.3, -0.25) is 9.69 Å². The third-order valence-electron chi connectivity index (χ3n) is 5.30. The highest BCUT2D eigenvalue weighted by Crippen LogP contribution is 2.29. The summed E-state index contributed by atoms with van der Waals surface area (Å²) in [6.07, 6.45) is 0.425. The van der Waals surface area contributed by atoms with E-state index in [1.807, 2.05) is 57.2 Å². The van der Waals surface area contributed by atoms with E-state index in [2.05, 4.69) is 43.0 Å². The molecule has 0 heterocycles. The van der Waals surface area contributed by atoms with Crippen LogP contribution in [-0.2, 0) is 17.9 Å². The fourth-order valence-corrected chi connectivity index (χ4v) is 4.74. The molecule has 2 aromatic rings. The molecule has 0 aliphatic rings. The SMILES string of the molecule is CCC(C)[C@H]([C@H](O)CC(=O)SC(C)(C)C)N(Cc1ccccc1)Cc1ccccc1. The largest absolute Gasteiger partial charge is 0.391 e. The summed E-state index contributed by atoms with van der Waals surface area (Å²) in [5, 5.41) is 11.3. The van der Waals surface area contributed by atoms with Gasteiger partial charge >= 0.3 is 0 Å². The van der Waals surface area contributed by atoms with Crippen LogP contribution < -0.4 is 0 Å². The predicted molar refractivity (Wildman–Crippen MR) is 128 cm³/mol. The van der Waals surface area contributed by atoms with Crippen LogP contribution in [0.1, 0.15) is 58.6 Å². The molecule has 0 fully saturated rings. The Balaban J connectivity index is 2.28. The number of carbonyl (C=O) groups excluding carboxylic acids is 1. The van der Waals surface area contributed by atoms with E-state index < -0.39 is 6.10 Å². The van der Waals surface area contributed by atoms with Crippen LogP contribution in [0.2, 0.25) is 0 Å². The minimum Gasteiger partial charge on any atom is -0.391 e. The molecule has 0 amide bonds. The topological polar surface area (TPSA) is 40.5 Å². The van der Waals surface area contributed by atoms with Gasteiger partial charge in [0.15, 0.2) is 5.12 Å². The summed E-state index contributed by atoms with van der Waals surface area (Å²) in [5.74, 6) is 0.264. The Bertz CT molecular complexity index is 716. The zero-order valence-corrected chi connectivity index (χ0v) is 19.9. The molecule has 0 bridgehead atoms. The Morgan fingerprint density at radius 2 is 1.43 bits per heavy atom. The molecule has 0 aliphatic heterocycles. The van der Waals surface area contributed by atoms with Gasteiger partial charge in [0.05, 0.1) is 6.10 Å². The molecule has 2 aromatic carbocycles. The molecule has 2 rings (SSSR count). The van der Waals surface area contributed by atoms with Crippen molar-refractivity contribution in [1.29, 1.82) is 0 Å². The van der Waals surface area contributed by atoms with E-state index in [9.17, 15) is 9.90 Å². The van der Waals surface area contributed by atoms with Gasteiger partial charge in [-0.15, -0.1) is 0 Å². The van der Waals surface area contributed by atoms with Crippen molar-refractivity contribution in [2.45, 2.75) is 77.4 Å². The summed E-state index contributed by atoms with van der Waals surface area (Å²) in [6, 6.07) is 20.6. The molecule has 0 aromatic heterocycles. The second kappa shape index (κ2) is 11.7. The first kappa shape index (κ1) is 24.6. The third kappa shape index (κ3) is 8.25. The number of aliphatic hydroxyl groups is 1. The molecule has 0 radical (unpaired) electrons. The number of benzene rings is 2. The number of rotatable bonds is 10. The number of hydrogen-bond acceptors (Lipinski definition) is 4. The molecule has 1 unspecified atom stereocenters. The molecular weight excluding hydrogens is 390 g/mol. The smallest absolute Gasteiger partial charge is 0.192 e. The minimum absolute atomic E-state index is 0.0580. The van der Waals surface area contributed by atoms with Crippen LogP contribution in [0, 0.1) is 5.92 Å². The van der Waals surface area contributed by atoms with Gasteiger partial charge < -0.3 is 5.11 Å². The van der Waals surface area contributed by atoms with E-state index in [0.717, 1.165) is 19.5 Å². The van der Waals surface area contributed by atoms with Crippen molar-refractivity contribution in [2.24, 2.45) is 5.92 Å². The fourth-order valence-electron chi connectivity index (χ4n) is 3.80. The summed E-state index contributed by atoms with van der Waals surface area (Å²) in [5.41, 5.74) is 2.42. The Hall–Kier alpha value is -1.62. The quantitative estimate of drug-likeness (QED) is 0.511. The van der Waals surface area contributed by atoms with E-state index in [4.69, 9.17) is 0 Å². The molecule has 0 aliphatic carbocycles. The molecule has 0 saturated heterocycles. The second-order valence-electron chi connectivity index (χ2n) is 9.11. The standard InChI is InChI=1S/C26H37NO2S/c1-6-20(2)25(23(28)17-24(29)30-26(3,4)5)27(18-21-13-9-7-10-14-21)19-22-15-11-8-12-16-22/h7-16,20,23,25,28H,6,17-19H2,1-5H3/t20?,23-,25-/m1/s1. The van der Waals surface area contributed by atoms with Gasteiger partial charge in [-0.05, 0) is 17.0 Å². The van der Waals surface area contributed by atoms with Crippen LogP contribution in [0.15, 0.2) is 60.7 Å². The van der Waals surface area contributed by atoms with Crippen LogP contribution in [0.4, 0.5) is 0 Å². The summed E-state index contributed by atoms with van der Waals surface area (Å²) in [6.45, 7) is 11.9. The maximum atomic E-state index is 12.6. The van der Waals surface area contributed by atoms with E-state index in [1.165, 1.54) is 22.9 Å². The Morgan fingerprint density at radius 3 is 1.83 bits per heavy atom. The van der Waals surface area contributed by atoms with Gasteiger partial charge in [-0.1, -0.05) is 113 Å². The first-order valence-corrected chi connectivity index (χ1v) is 11.7. The average molecular weight is 428 g/mol. The number of nitrogens with zero attached hydrogens (tertiary/aromatic N) is 1. The summed E-state index contributed by atoms with van der Waals surface area (Å²) in [7, 11) is 0. The lowest BCUT2D eigenvalue weighted by Gasteiger charge is -2.39. The molecule has 4 heteroatoms. The molecule has 0 spiro atoms. The monoisotopic (exact) mass is 427 g/mol. The first-order valence-electron chi connectivity index (χ1n) is 10.9. The third-order valence-corrected chi connectivity index (χ3v) is 6.30. The van der Waals surface area contributed by atoms with E-state index in [0.29, 0.717) is 0 Å². The van der Waals surface area contributed by atoms with Crippen molar-refractivity contribution in [3.8, 4) is 0 Å². The zero-order valence-electron chi connectivity index (χ0n) is 19.0. The molecule has 164 valence electrons. The van der Waals surface area contributed by atoms with Crippen LogP contribution in [0.5, 0.6) is 0 Å². The number of hydrogen-bond donors (Lipinski definition) is 1. The number of thioether (sulfide) groups is 1. The lowest BCUT2D eigenvalue weighted by Crippen LogP contribution is -2.47. The number of aliphatic hydroxyl groups excluding tert-OH is 1. The van der Waals surface area contributed by atoms with Crippen LogP contribution in [0.3, 0.4) is 0 Å². The Kier molecular flexibility index (Phi) is 9.60. The van der Waals surface area contributed by atoms with E-state index >= 15 is 0 Å². The van der Waals surface area contributed by atoms with Crippen molar-refractivity contribution < 1.29 is 9.90 Å². The molecular formula is C26H37NO2S. The molecule has 1 N–H and O–H groups in total. The molecule has 0 saturated carbocycles.